The van der Waals surface area contributed by atoms with E-state index in [0.29, 0.717) is 34.7 Å². The molecule has 6 nitrogen and oxygen atoms in total. The number of amides is 2. The number of hydrogen-bond donors (Lipinski definition) is 1. The van der Waals surface area contributed by atoms with Crippen LogP contribution >= 0.6 is 0 Å². The zero-order valence-electron chi connectivity index (χ0n) is 18.5. The molecular formula is C26H25FN2O4. The van der Waals surface area contributed by atoms with Crippen molar-refractivity contribution in [3.05, 3.63) is 89.2 Å². The number of anilines is 1. The van der Waals surface area contributed by atoms with Gasteiger partial charge in [-0.25, -0.2) is 4.39 Å². The molecule has 0 radical (unpaired) electrons. The van der Waals surface area contributed by atoms with Gasteiger partial charge in [-0.2, -0.15) is 0 Å². The van der Waals surface area contributed by atoms with Crippen molar-refractivity contribution in [2.75, 3.05) is 12.4 Å². The first-order chi connectivity index (χ1) is 16.0. The third kappa shape index (κ3) is 4.98. The van der Waals surface area contributed by atoms with Gasteiger partial charge in [-0.1, -0.05) is 31.2 Å². The van der Waals surface area contributed by atoms with E-state index in [2.05, 4.69) is 5.32 Å². The maximum absolute atomic E-state index is 14.2. The molecule has 0 saturated heterocycles. The van der Waals surface area contributed by atoms with E-state index in [1.807, 2.05) is 6.92 Å². The maximum Gasteiger partial charge on any atom is 0.264 e. The summed E-state index contributed by atoms with van der Waals surface area (Å²) in [5.74, 6) is 0.326. The van der Waals surface area contributed by atoms with Gasteiger partial charge in [0.25, 0.3) is 11.8 Å². The van der Waals surface area contributed by atoms with Gasteiger partial charge in [0, 0.05) is 35.5 Å². The summed E-state index contributed by atoms with van der Waals surface area (Å²) in [6.07, 6.45) is -0.171. The third-order valence-corrected chi connectivity index (χ3v) is 5.56. The van der Waals surface area contributed by atoms with Crippen molar-refractivity contribution in [3.63, 3.8) is 0 Å². The highest BCUT2D eigenvalue weighted by Gasteiger charge is 2.30. The Morgan fingerprint density at radius 1 is 1.15 bits per heavy atom. The third-order valence-electron chi connectivity index (χ3n) is 5.56. The number of benzene rings is 3. The summed E-state index contributed by atoms with van der Waals surface area (Å²) >= 11 is 0. The number of carbonyl (C=O) groups excluding carboxylic acids is 2. The van der Waals surface area contributed by atoms with Crippen LogP contribution in [-0.4, -0.2) is 29.9 Å². The van der Waals surface area contributed by atoms with Crippen molar-refractivity contribution >= 4 is 17.5 Å². The summed E-state index contributed by atoms with van der Waals surface area (Å²) < 4.78 is 25.4. The Labute approximate surface area is 191 Å². The number of hydrogen-bond acceptors (Lipinski definition) is 4. The fourth-order valence-corrected chi connectivity index (χ4v) is 3.78. The van der Waals surface area contributed by atoms with E-state index >= 15 is 0 Å². The molecule has 4 rings (SSSR count). The van der Waals surface area contributed by atoms with Crippen LogP contribution < -0.4 is 14.8 Å². The van der Waals surface area contributed by atoms with Crippen molar-refractivity contribution in [1.29, 1.82) is 0 Å². The number of ether oxygens (including phenoxy) is 2. The lowest BCUT2D eigenvalue weighted by Gasteiger charge is -2.23. The highest BCUT2D eigenvalue weighted by Crippen LogP contribution is 2.30. The number of nitrogens with one attached hydrogen (secondary N) is 1. The Kier molecular flexibility index (Phi) is 6.58. The minimum Gasteiger partial charge on any atom is -0.497 e. The van der Waals surface area contributed by atoms with Crippen LogP contribution in [0.15, 0.2) is 66.7 Å². The average molecular weight is 448 g/mol. The van der Waals surface area contributed by atoms with Crippen molar-refractivity contribution in [1.82, 2.24) is 4.90 Å². The van der Waals surface area contributed by atoms with Gasteiger partial charge in [-0.3, -0.25) is 9.59 Å². The molecule has 1 aliphatic heterocycles. The number of carbonyl (C=O) groups is 2. The number of fused-ring (bicyclic) bond motifs is 1. The smallest absolute Gasteiger partial charge is 0.264 e. The average Bonchev–Trinajstić information content (AvgIpc) is 2.96. The molecular weight excluding hydrogens is 423 g/mol. The summed E-state index contributed by atoms with van der Waals surface area (Å²) in [7, 11) is 1.54. The van der Waals surface area contributed by atoms with Gasteiger partial charge in [0.05, 0.1) is 7.11 Å². The fourth-order valence-electron chi connectivity index (χ4n) is 3.78. The van der Waals surface area contributed by atoms with E-state index in [0.717, 1.165) is 5.56 Å². The Bertz CT molecular complexity index is 1180. The van der Waals surface area contributed by atoms with Crippen LogP contribution in [0.25, 0.3) is 0 Å². The first kappa shape index (κ1) is 22.3. The van der Waals surface area contributed by atoms with Crippen molar-refractivity contribution in [2.24, 2.45) is 0 Å². The lowest BCUT2D eigenvalue weighted by molar-refractivity contribution is -0.139. The molecule has 1 N–H and O–H groups in total. The molecule has 1 aliphatic rings. The SMILES string of the molecule is CCC1Oc2ccc(NC(=O)c3cccc(OC)c3)cc2CN(Cc2ccccc2F)C1=O. The molecule has 0 spiro atoms. The van der Waals surface area contributed by atoms with Crippen LogP contribution in [0, 0.1) is 5.82 Å². The van der Waals surface area contributed by atoms with Crippen LogP contribution in [0.4, 0.5) is 10.1 Å². The maximum atomic E-state index is 14.2. The van der Waals surface area contributed by atoms with Gasteiger partial charge in [-0.05, 0) is 48.9 Å². The Hall–Kier alpha value is -3.87. The number of nitrogens with zero attached hydrogens (tertiary/aromatic N) is 1. The first-order valence-electron chi connectivity index (χ1n) is 10.8. The predicted molar refractivity (Wildman–Crippen MR) is 123 cm³/mol. The van der Waals surface area contributed by atoms with Crippen LogP contribution in [0.5, 0.6) is 11.5 Å². The minimum absolute atomic E-state index is 0.130. The van der Waals surface area contributed by atoms with Gasteiger partial charge in [0.2, 0.25) is 0 Å². The predicted octanol–water partition coefficient (Wildman–Crippen LogP) is 4.79. The molecule has 3 aromatic rings. The topological polar surface area (TPSA) is 67.9 Å². The zero-order valence-corrected chi connectivity index (χ0v) is 18.5. The largest absolute Gasteiger partial charge is 0.497 e. The Morgan fingerprint density at radius 2 is 1.97 bits per heavy atom. The van der Waals surface area contributed by atoms with E-state index in [1.54, 1.807) is 72.7 Å². The van der Waals surface area contributed by atoms with Gasteiger partial charge < -0.3 is 19.7 Å². The highest BCUT2D eigenvalue weighted by atomic mass is 19.1. The second-order valence-corrected chi connectivity index (χ2v) is 7.81. The summed E-state index contributed by atoms with van der Waals surface area (Å²) in [6.45, 7) is 2.24. The lowest BCUT2D eigenvalue weighted by Crippen LogP contribution is -2.39. The van der Waals surface area contributed by atoms with E-state index in [1.165, 1.54) is 6.07 Å². The normalized spacial score (nSPS) is 15.3. The van der Waals surface area contributed by atoms with Crippen LogP contribution in [0.1, 0.15) is 34.8 Å². The molecule has 0 aromatic heterocycles. The molecule has 0 bridgehead atoms. The molecule has 0 saturated carbocycles. The van der Waals surface area contributed by atoms with Crippen LogP contribution in [0.3, 0.4) is 0 Å². The van der Waals surface area contributed by atoms with E-state index in [-0.39, 0.29) is 30.7 Å². The summed E-state index contributed by atoms with van der Waals surface area (Å²) in [5, 5.41) is 2.88. The first-order valence-corrected chi connectivity index (χ1v) is 10.8. The van der Waals surface area contributed by atoms with Crippen molar-refractivity contribution < 1.29 is 23.5 Å². The molecule has 3 aromatic carbocycles. The van der Waals surface area contributed by atoms with Gasteiger partial charge in [0.15, 0.2) is 6.10 Å². The van der Waals surface area contributed by atoms with Crippen molar-refractivity contribution in [2.45, 2.75) is 32.5 Å². The monoisotopic (exact) mass is 448 g/mol. The minimum atomic E-state index is -0.657. The molecule has 7 heteroatoms. The molecule has 0 fully saturated rings. The lowest BCUT2D eigenvalue weighted by atomic mass is 10.1. The van der Waals surface area contributed by atoms with Gasteiger partial charge in [0.1, 0.15) is 17.3 Å². The Balaban J connectivity index is 1.59. The van der Waals surface area contributed by atoms with Crippen molar-refractivity contribution in [3.8, 4) is 11.5 Å². The molecule has 170 valence electrons. The number of rotatable bonds is 6. The number of methoxy groups -OCH3 is 1. The second kappa shape index (κ2) is 9.73. The van der Waals surface area contributed by atoms with Crippen LogP contribution in [-0.2, 0) is 17.9 Å². The number of halogens is 1. The van der Waals surface area contributed by atoms with E-state index in [9.17, 15) is 14.0 Å². The summed E-state index contributed by atoms with van der Waals surface area (Å²) in [6, 6.07) is 18.5. The second-order valence-electron chi connectivity index (χ2n) is 7.81. The van der Waals surface area contributed by atoms with E-state index in [4.69, 9.17) is 9.47 Å². The molecule has 1 atom stereocenters. The summed E-state index contributed by atoms with van der Waals surface area (Å²) in [5.41, 5.74) is 2.20. The van der Waals surface area contributed by atoms with Gasteiger partial charge in [-0.15, -0.1) is 0 Å². The zero-order chi connectivity index (χ0) is 23.4. The molecule has 0 aliphatic carbocycles. The standard InChI is InChI=1S/C26H25FN2O4/c1-3-23-26(31)29(15-18-7-4-5-10-22(18)27)16-19-13-20(11-12-24(19)33-23)28-25(30)17-8-6-9-21(14-17)32-2/h4-14,23H,3,15-16H2,1-2H3,(H,28,30). The molecule has 1 unspecified atom stereocenters. The van der Waals surface area contributed by atoms with Gasteiger partial charge >= 0.3 is 0 Å². The van der Waals surface area contributed by atoms with Crippen LogP contribution in [0.2, 0.25) is 0 Å². The summed E-state index contributed by atoms with van der Waals surface area (Å²) in [4.78, 5) is 27.4. The highest BCUT2D eigenvalue weighted by molar-refractivity contribution is 6.04. The molecule has 33 heavy (non-hydrogen) atoms. The molecule has 2 amide bonds. The quantitative estimate of drug-likeness (QED) is 0.589. The molecule has 1 heterocycles. The fraction of sp³-hybridized carbons (Fsp3) is 0.231. The Morgan fingerprint density at radius 3 is 2.73 bits per heavy atom. The van der Waals surface area contributed by atoms with E-state index < -0.39 is 6.10 Å².